The fourth-order valence-corrected chi connectivity index (χ4v) is 1.73. The molecular formula is C13H10N3O. The van der Waals surface area contributed by atoms with Gasteiger partial charge in [-0.25, -0.2) is 9.97 Å². The first-order valence-electron chi connectivity index (χ1n) is 5.21. The van der Waals surface area contributed by atoms with Crippen LogP contribution in [-0.4, -0.2) is 22.1 Å². The zero-order valence-corrected chi connectivity index (χ0v) is 9.27. The van der Waals surface area contributed by atoms with E-state index < -0.39 is 0 Å². The van der Waals surface area contributed by atoms with Crippen LogP contribution in [0.4, 0.5) is 0 Å². The van der Waals surface area contributed by atoms with E-state index in [0.29, 0.717) is 0 Å². The van der Waals surface area contributed by atoms with Gasteiger partial charge in [0.1, 0.15) is 12.1 Å². The van der Waals surface area contributed by atoms with Crippen LogP contribution in [0.1, 0.15) is 0 Å². The van der Waals surface area contributed by atoms with Crippen LogP contribution in [-0.2, 0) is 0 Å². The standard InChI is InChI=1S/C13H10N3O/c1-17-10-4-2-9(3-5-10)11-6-12-13(16-11)7-14-8-15-12/h2-4,6-8,16H,1H3. The SMILES string of the molecule is COc1[c]cc(-c2cc3ncncc3[nH]2)cc1. The second-order valence-corrected chi connectivity index (χ2v) is 3.65. The second-order valence-electron chi connectivity index (χ2n) is 3.65. The van der Waals surface area contributed by atoms with Crippen LogP contribution in [0.5, 0.6) is 5.75 Å². The van der Waals surface area contributed by atoms with Crippen LogP contribution in [0.25, 0.3) is 22.3 Å². The van der Waals surface area contributed by atoms with Gasteiger partial charge in [0.15, 0.2) is 0 Å². The zero-order valence-electron chi connectivity index (χ0n) is 9.27. The molecule has 2 aromatic heterocycles. The molecule has 1 radical (unpaired) electrons. The molecule has 1 N–H and O–H groups in total. The fraction of sp³-hybridized carbons (Fsp3) is 0.0769. The van der Waals surface area contributed by atoms with Crippen LogP contribution < -0.4 is 4.74 Å². The quantitative estimate of drug-likeness (QED) is 0.727. The predicted octanol–water partition coefficient (Wildman–Crippen LogP) is 2.43. The topological polar surface area (TPSA) is 50.8 Å². The number of aromatic nitrogens is 3. The van der Waals surface area contributed by atoms with Crippen molar-refractivity contribution in [2.45, 2.75) is 0 Å². The molecule has 4 heteroatoms. The lowest BCUT2D eigenvalue weighted by Crippen LogP contribution is -1.83. The van der Waals surface area contributed by atoms with E-state index in [1.54, 1.807) is 19.6 Å². The Balaban J connectivity index is 2.07. The Morgan fingerprint density at radius 1 is 1.35 bits per heavy atom. The first-order valence-corrected chi connectivity index (χ1v) is 5.21. The molecule has 0 aliphatic carbocycles. The van der Waals surface area contributed by atoms with Gasteiger partial charge in [0.05, 0.1) is 24.3 Å². The third-order valence-electron chi connectivity index (χ3n) is 2.61. The highest BCUT2D eigenvalue weighted by Gasteiger charge is 2.04. The average Bonchev–Trinajstić information content (AvgIpc) is 2.82. The van der Waals surface area contributed by atoms with Crippen LogP contribution >= 0.6 is 0 Å². The summed E-state index contributed by atoms with van der Waals surface area (Å²) in [6, 6.07) is 10.8. The van der Waals surface area contributed by atoms with Gasteiger partial charge in [0, 0.05) is 11.8 Å². The van der Waals surface area contributed by atoms with Crippen molar-refractivity contribution < 1.29 is 4.74 Å². The minimum Gasteiger partial charge on any atom is -0.496 e. The first-order chi connectivity index (χ1) is 8.36. The Morgan fingerprint density at radius 3 is 3.00 bits per heavy atom. The molecular weight excluding hydrogens is 214 g/mol. The van der Waals surface area contributed by atoms with Crippen molar-refractivity contribution in [2.75, 3.05) is 7.11 Å². The molecule has 0 fully saturated rings. The third kappa shape index (κ3) is 1.73. The summed E-state index contributed by atoms with van der Waals surface area (Å²) in [6.07, 6.45) is 3.30. The maximum Gasteiger partial charge on any atom is 0.126 e. The van der Waals surface area contributed by atoms with E-state index in [1.165, 1.54) is 0 Å². The number of aromatic amines is 1. The lowest BCUT2D eigenvalue weighted by molar-refractivity contribution is 0.414. The van der Waals surface area contributed by atoms with Gasteiger partial charge in [-0.15, -0.1) is 0 Å². The molecule has 3 rings (SSSR count). The molecule has 0 aliphatic heterocycles. The predicted molar refractivity (Wildman–Crippen MR) is 64.7 cm³/mol. The highest BCUT2D eigenvalue weighted by molar-refractivity contribution is 5.81. The molecule has 1 aromatic carbocycles. The Morgan fingerprint density at radius 2 is 2.29 bits per heavy atom. The Hall–Kier alpha value is -2.36. The highest BCUT2D eigenvalue weighted by atomic mass is 16.5. The van der Waals surface area contributed by atoms with Gasteiger partial charge in [-0.1, -0.05) is 0 Å². The van der Waals surface area contributed by atoms with E-state index in [0.717, 1.165) is 28.0 Å². The third-order valence-corrected chi connectivity index (χ3v) is 2.61. The lowest BCUT2D eigenvalue weighted by atomic mass is 10.1. The van der Waals surface area contributed by atoms with Gasteiger partial charge in [-0.2, -0.15) is 0 Å². The summed E-state index contributed by atoms with van der Waals surface area (Å²) in [5, 5.41) is 0. The van der Waals surface area contributed by atoms with E-state index in [9.17, 15) is 0 Å². The monoisotopic (exact) mass is 224 g/mol. The molecule has 0 bridgehead atoms. The van der Waals surface area contributed by atoms with Crippen molar-refractivity contribution >= 4 is 11.0 Å². The summed E-state index contributed by atoms with van der Waals surface area (Å²) in [5.74, 6) is 0.727. The second kappa shape index (κ2) is 3.90. The van der Waals surface area contributed by atoms with E-state index in [1.807, 2.05) is 24.3 Å². The molecule has 17 heavy (non-hydrogen) atoms. The van der Waals surface area contributed by atoms with Crippen molar-refractivity contribution in [3.8, 4) is 17.0 Å². The molecule has 0 saturated carbocycles. The molecule has 83 valence electrons. The van der Waals surface area contributed by atoms with Crippen LogP contribution in [0.3, 0.4) is 0 Å². The normalized spacial score (nSPS) is 10.6. The summed E-state index contributed by atoms with van der Waals surface area (Å²) in [6.45, 7) is 0. The highest BCUT2D eigenvalue weighted by Crippen LogP contribution is 2.23. The summed E-state index contributed by atoms with van der Waals surface area (Å²) in [5.41, 5.74) is 3.88. The number of ether oxygens (including phenoxy) is 1. The Bertz CT molecular complexity index is 610. The molecule has 0 aliphatic rings. The number of benzene rings is 1. The summed E-state index contributed by atoms with van der Waals surface area (Å²) in [4.78, 5) is 11.4. The largest absolute Gasteiger partial charge is 0.496 e. The van der Waals surface area contributed by atoms with Crippen molar-refractivity contribution in [1.29, 1.82) is 0 Å². The fourth-order valence-electron chi connectivity index (χ4n) is 1.73. The first kappa shape index (κ1) is 9.84. The lowest BCUT2D eigenvalue weighted by Gasteiger charge is -2.00. The van der Waals surface area contributed by atoms with Crippen molar-refractivity contribution in [1.82, 2.24) is 15.0 Å². The number of hydrogen-bond acceptors (Lipinski definition) is 3. The number of nitrogens with one attached hydrogen (secondary N) is 1. The zero-order chi connectivity index (χ0) is 11.7. The van der Waals surface area contributed by atoms with Crippen molar-refractivity contribution in [3.63, 3.8) is 0 Å². The number of nitrogens with zero attached hydrogens (tertiary/aromatic N) is 2. The van der Waals surface area contributed by atoms with E-state index in [4.69, 9.17) is 4.74 Å². The van der Waals surface area contributed by atoms with Gasteiger partial charge in [0.2, 0.25) is 0 Å². The molecule has 0 saturated heterocycles. The van der Waals surface area contributed by atoms with Crippen LogP contribution in [0.2, 0.25) is 0 Å². The summed E-state index contributed by atoms with van der Waals surface area (Å²) >= 11 is 0. The maximum absolute atomic E-state index is 5.08. The van der Waals surface area contributed by atoms with Crippen molar-refractivity contribution in [2.24, 2.45) is 0 Å². The minimum atomic E-state index is 0.727. The molecule has 4 nitrogen and oxygen atoms in total. The van der Waals surface area contributed by atoms with E-state index >= 15 is 0 Å². The van der Waals surface area contributed by atoms with Crippen molar-refractivity contribution in [3.05, 3.63) is 42.9 Å². The van der Waals surface area contributed by atoms with Gasteiger partial charge in [-0.3, -0.25) is 0 Å². The van der Waals surface area contributed by atoms with Gasteiger partial charge in [-0.05, 0) is 29.8 Å². The molecule has 2 heterocycles. The maximum atomic E-state index is 5.08. The van der Waals surface area contributed by atoms with E-state index in [2.05, 4.69) is 21.0 Å². The molecule has 0 spiro atoms. The Labute approximate surface area is 98.3 Å². The summed E-state index contributed by atoms with van der Waals surface area (Å²) in [7, 11) is 1.63. The average molecular weight is 224 g/mol. The van der Waals surface area contributed by atoms with Gasteiger partial charge in [0.25, 0.3) is 0 Å². The number of fused-ring (bicyclic) bond motifs is 1. The Kier molecular flexibility index (Phi) is 2.26. The van der Waals surface area contributed by atoms with Crippen LogP contribution in [0.15, 0.2) is 36.8 Å². The number of rotatable bonds is 2. The number of H-pyrrole nitrogens is 1. The smallest absolute Gasteiger partial charge is 0.126 e. The van der Waals surface area contributed by atoms with Gasteiger partial charge >= 0.3 is 0 Å². The number of hydrogen-bond donors (Lipinski definition) is 1. The van der Waals surface area contributed by atoms with Crippen LogP contribution in [0, 0.1) is 6.07 Å². The molecule has 3 aromatic rings. The van der Waals surface area contributed by atoms with Gasteiger partial charge < -0.3 is 9.72 Å². The number of methoxy groups -OCH3 is 1. The summed E-state index contributed by atoms with van der Waals surface area (Å²) < 4.78 is 5.08. The minimum absolute atomic E-state index is 0.727. The van der Waals surface area contributed by atoms with E-state index in [-0.39, 0.29) is 0 Å². The molecule has 0 amide bonds. The molecule has 0 atom stereocenters. The molecule has 0 unspecified atom stereocenters.